The molecule has 3 N–H and O–H groups in total. The van der Waals surface area contributed by atoms with E-state index in [1.54, 1.807) is 0 Å². The Morgan fingerprint density at radius 2 is 0.559 bits per heavy atom. The zero-order chi connectivity index (χ0) is 67.2. The quantitative estimate of drug-likeness (QED) is 0.0264. The minimum Gasteiger partial charge on any atom is -0.462 e. The molecule has 0 heterocycles. The van der Waals surface area contributed by atoms with Gasteiger partial charge in [-0.05, 0) is 141 Å². The zero-order valence-electron chi connectivity index (χ0n) is 58.9. The Kier molecular flexibility index (Phi) is 71.7. The van der Waals surface area contributed by atoms with E-state index in [0.717, 1.165) is 154 Å². The van der Waals surface area contributed by atoms with Crippen LogP contribution < -0.4 is 5.73 Å². The van der Waals surface area contributed by atoms with Crippen LogP contribution in [0.1, 0.15) is 284 Å². The largest absolute Gasteiger partial charge is 0.472 e. The number of nitrogens with two attached hydrogens (primary N) is 1. The third kappa shape index (κ3) is 75.8. The number of phosphoric acid groups is 1. The minimum absolute atomic E-state index is 0.0437. The van der Waals surface area contributed by atoms with Crippen LogP contribution in [0.5, 0.6) is 0 Å². The standard InChI is InChI=1S/C83H134NO8P/c1-3-5-7-9-11-13-15-17-19-21-23-25-27-29-31-33-35-36-37-38-39-40-41-42-43-44-46-48-50-52-54-56-58-60-62-64-66-68-70-72-74-76-83(86)92-81(80-91-93(87,88)90-78-77-84)79-89-82(85)75-73-71-69-67-65-63-61-59-57-55-53-51-49-47-45-34-32-30-28-26-24-22-20-18-16-14-12-10-8-6-4-2/h5-8,11-14,17-20,23-26,29-32,35-36,38-39,41-42,44-47,50,52,81H,3-4,9-10,15-16,21-22,27-28,33-34,37,40,43,48-49,51,53-80,84H2,1-2H3,(H,87,88)/b7-5-,8-6-,13-11-,14-12-,19-17-,20-18-,25-23-,26-24-,31-29-,32-30-,36-35-,39-38-,42-41-,46-44-,47-45-,52-50-. The van der Waals surface area contributed by atoms with Crippen molar-refractivity contribution in [3.63, 3.8) is 0 Å². The maximum atomic E-state index is 12.8. The van der Waals surface area contributed by atoms with Gasteiger partial charge in [-0.25, -0.2) is 4.57 Å². The summed E-state index contributed by atoms with van der Waals surface area (Å²) in [5.41, 5.74) is 5.41. The first kappa shape index (κ1) is 87.9. The highest BCUT2D eigenvalue weighted by Gasteiger charge is 2.26. The number of esters is 2. The molecule has 0 aromatic heterocycles. The third-order valence-corrected chi connectivity index (χ3v) is 16.0. The molecule has 93 heavy (non-hydrogen) atoms. The van der Waals surface area contributed by atoms with Crippen molar-refractivity contribution in [1.29, 1.82) is 0 Å². The fourth-order valence-corrected chi connectivity index (χ4v) is 10.4. The number of hydrogen-bond donors (Lipinski definition) is 2. The third-order valence-electron chi connectivity index (χ3n) is 15.0. The normalized spacial score (nSPS) is 14.1. The Hall–Kier alpha value is -5.15. The maximum absolute atomic E-state index is 12.8. The molecule has 0 spiro atoms. The maximum Gasteiger partial charge on any atom is 0.472 e. The molecule has 524 valence electrons. The van der Waals surface area contributed by atoms with Crippen molar-refractivity contribution in [1.82, 2.24) is 0 Å². The fraction of sp³-hybridized carbons (Fsp3) is 0.590. The van der Waals surface area contributed by atoms with Gasteiger partial charge in [0.1, 0.15) is 6.61 Å². The molecule has 2 unspecified atom stereocenters. The Labute approximate surface area is 570 Å². The Bertz CT molecular complexity index is 2230. The Morgan fingerprint density at radius 1 is 0.323 bits per heavy atom. The summed E-state index contributed by atoms with van der Waals surface area (Å²) in [7, 11) is -4.41. The molecule has 0 aliphatic carbocycles. The summed E-state index contributed by atoms with van der Waals surface area (Å²) in [4.78, 5) is 35.4. The summed E-state index contributed by atoms with van der Waals surface area (Å²) in [6.45, 7) is 3.50. The van der Waals surface area contributed by atoms with Gasteiger partial charge in [-0.1, -0.05) is 324 Å². The zero-order valence-corrected chi connectivity index (χ0v) is 59.8. The highest BCUT2D eigenvalue weighted by Crippen LogP contribution is 2.43. The van der Waals surface area contributed by atoms with Crippen LogP contribution >= 0.6 is 7.82 Å². The van der Waals surface area contributed by atoms with E-state index in [2.05, 4.69) is 208 Å². The van der Waals surface area contributed by atoms with Gasteiger partial charge in [-0.15, -0.1) is 0 Å². The lowest BCUT2D eigenvalue weighted by Gasteiger charge is -2.19. The summed E-state index contributed by atoms with van der Waals surface area (Å²) < 4.78 is 33.2. The van der Waals surface area contributed by atoms with Gasteiger partial charge in [0.15, 0.2) is 6.10 Å². The van der Waals surface area contributed by atoms with Crippen LogP contribution in [0.4, 0.5) is 0 Å². The molecule has 0 radical (unpaired) electrons. The Balaban J connectivity index is 3.95. The molecule has 0 saturated heterocycles. The predicted octanol–water partition coefficient (Wildman–Crippen LogP) is 24.9. The fourth-order valence-electron chi connectivity index (χ4n) is 9.61. The average Bonchev–Trinajstić information content (AvgIpc) is 3.49. The van der Waals surface area contributed by atoms with E-state index in [0.29, 0.717) is 6.42 Å². The molecule has 0 amide bonds. The molecule has 0 aromatic rings. The van der Waals surface area contributed by atoms with E-state index in [4.69, 9.17) is 24.3 Å². The first-order chi connectivity index (χ1) is 45.8. The van der Waals surface area contributed by atoms with Crippen LogP contribution in [-0.4, -0.2) is 49.3 Å². The Morgan fingerprint density at radius 3 is 0.828 bits per heavy atom. The predicted molar refractivity (Wildman–Crippen MR) is 403 cm³/mol. The molecule has 0 saturated carbocycles. The van der Waals surface area contributed by atoms with Gasteiger partial charge in [-0.3, -0.25) is 18.6 Å². The number of rotatable bonds is 67. The number of allylic oxidation sites excluding steroid dienone is 32. The van der Waals surface area contributed by atoms with E-state index in [1.807, 2.05) is 0 Å². The number of ether oxygens (including phenoxy) is 2. The van der Waals surface area contributed by atoms with Crippen molar-refractivity contribution in [3.8, 4) is 0 Å². The smallest absolute Gasteiger partial charge is 0.462 e. The molecule has 0 fully saturated rings. The number of hydrogen-bond acceptors (Lipinski definition) is 8. The van der Waals surface area contributed by atoms with Crippen LogP contribution in [0.2, 0.25) is 0 Å². The number of unbranched alkanes of at least 4 members (excludes halogenated alkanes) is 22. The topological polar surface area (TPSA) is 134 Å². The van der Waals surface area contributed by atoms with Crippen molar-refractivity contribution in [2.24, 2.45) is 5.73 Å². The molecule has 0 aromatic carbocycles. The van der Waals surface area contributed by atoms with Crippen molar-refractivity contribution in [3.05, 3.63) is 194 Å². The van der Waals surface area contributed by atoms with E-state index in [1.165, 1.54) is 96.3 Å². The van der Waals surface area contributed by atoms with E-state index in [9.17, 15) is 19.0 Å². The number of carbonyl (C=O) groups excluding carboxylic acids is 2. The summed E-state index contributed by atoms with van der Waals surface area (Å²) in [6, 6.07) is 0. The van der Waals surface area contributed by atoms with Gasteiger partial charge in [0.05, 0.1) is 13.2 Å². The lowest BCUT2D eigenvalue weighted by atomic mass is 10.0. The SMILES string of the molecule is CC/C=C\C/C=C\C/C=C\C/C=C\C/C=C\C/C=C\C/C=C\C/C=C\C/C=C\C/C=C\CCCCCCCCCCCCC(=O)OC(COC(=O)CCCCCCCCCCCCCC/C=C\C/C=C\C/C=C\C/C=C\C/C=C\C/C=C\CC)COP(=O)(O)OCCN. The average molecular weight is 1300 g/mol. The first-order valence-electron chi connectivity index (χ1n) is 36.9. The molecule has 2 atom stereocenters. The highest BCUT2D eigenvalue weighted by molar-refractivity contribution is 7.47. The molecule has 10 heteroatoms. The number of carbonyl (C=O) groups is 2. The minimum atomic E-state index is -4.41. The van der Waals surface area contributed by atoms with Gasteiger partial charge in [0.25, 0.3) is 0 Å². The second kappa shape index (κ2) is 75.9. The van der Waals surface area contributed by atoms with E-state index >= 15 is 0 Å². The van der Waals surface area contributed by atoms with Crippen molar-refractivity contribution >= 4 is 19.8 Å². The van der Waals surface area contributed by atoms with Gasteiger partial charge in [-0.2, -0.15) is 0 Å². The highest BCUT2D eigenvalue weighted by atomic mass is 31.2. The van der Waals surface area contributed by atoms with Crippen LogP contribution in [0, 0.1) is 0 Å². The van der Waals surface area contributed by atoms with E-state index in [-0.39, 0.29) is 38.6 Å². The molecule has 0 rings (SSSR count). The molecular weight excluding hydrogens is 1170 g/mol. The molecule has 0 aliphatic rings. The molecule has 9 nitrogen and oxygen atoms in total. The lowest BCUT2D eigenvalue weighted by molar-refractivity contribution is -0.161. The van der Waals surface area contributed by atoms with Crippen LogP contribution in [-0.2, 0) is 32.7 Å². The number of phosphoric ester groups is 1. The van der Waals surface area contributed by atoms with Crippen molar-refractivity contribution in [2.45, 2.75) is 290 Å². The van der Waals surface area contributed by atoms with Crippen LogP contribution in [0.15, 0.2) is 194 Å². The van der Waals surface area contributed by atoms with Crippen LogP contribution in [0.3, 0.4) is 0 Å². The first-order valence-corrected chi connectivity index (χ1v) is 38.4. The summed E-state index contributed by atoms with van der Waals surface area (Å²) in [6.07, 6.45) is 115. The summed E-state index contributed by atoms with van der Waals surface area (Å²) in [5, 5.41) is 0. The monoisotopic (exact) mass is 1300 g/mol. The summed E-state index contributed by atoms with van der Waals surface area (Å²) >= 11 is 0. The van der Waals surface area contributed by atoms with Gasteiger partial charge >= 0.3 is 19.8 Å². The molecule has 0 aliphatic heterocycles. The second-order valence-electron chi connectivity index (χ2n) is 23.7. The molecule has 0 bridgehead atoms. The van der Waals surface area contributed by atoms with Crippen molar-refractivity contribution in [2.75, 3.05) is 26.4 Å². The van der Waals surface area contributed by atoms with E-state index < -0.39 is 26.5 Å². The second-order valence-corrected chi connectivity index (χ2v) is 25.1. The van der Waals surface area contributed by atoms with Gasteiger partial charge in [0.2, 0.25) is 0 Å². The summed E-state index contributed by atoms with van der Waals surface area (Å²) in [5.74, 6) is -0.842. The van der Waals surface area contributed by atoms with Crippen molar-refractivity contribution < 1.29 is 37.6 Å². The van der Waals surface area contributed by atoms with Gasteiger partial charge < -0.3 is 20.1 Å². The lowest BCUT2D eigenvalue weighted by Crippen LogP contribution is -2.29. The van der Waals surface area contributed by atoms with Crippen LogP contribution in [0.25, 0.3) is 0 Å². The van der Waals surface area contributed by atoms with Gasteiger partial charge in [0, 0.05) is 19.4 Å². The molecular formula is C83H134NO8P.